The van der Waals surface area contributed by atoms with Gasteiger partial charge in [0, 0.05) is 23.6 Å². The highest BCUT2D eigenvalue weighted by Crippen LogP contribution is 2.19. The summed E-state index contributed by atoms with van der Waals surface area (Å²) in [6.45, 7) is 2.19. The average molecular weight is 442 g/mol. The first-order chi connectivity index (χ1) is 14.9. The van der Waals surface area contributed by atoms with Crippen LogP contribution in [0.5, 0.6) is 5.75 Å². The number of halogens is 1. The Hall–Kier alpha value is -3.13. The van der Waals surface area contributed by atoms with Crippen molar-refractivity contribution in [3.8, 4) is 5.75 Å². The molecular formula is C23H24FN3O3S. The van der Waals surface area contributed by atoms with E-state index in [1.807, 2.05) is 24.3 Å². The third-order valence-electron chi connectivity index (χ3n) is 4.72. The molecule has 0 unspecified atom stereocenters. The molecule has 0 atom stereocenters. The van der Waals surface area contributed by atoms with Gasteiger partial charge < -0.3 is 15.0 Å². The van der Waals surface area contributed by atoms with Gasteiger partial charge in [-0.3, -0.25) is 9.59 Å². The molecule has 0 saturated heterocycles. The Balaban J connectivity index is 1.52. The normalized spacial score (nSPS) is 10.7. The van der Waals surface area contributed by atoms with Crippen LogP contribution >= 0.6 is 11.8 Å². The van der Waals surface area contributed by atoms with Gasteiger partial charge in [-0.1, -0.05) is 36.0 Å². The highest BCUT2D eigenvalue weighted by molar-refractivity contribution is 7.98. The Kier molecular flexibility index (Phi) is 7.83. The number of carbonyl (C=O) groups is 1. The molecule has 3 aromatic rings. The molecule has 8 heteroatoms. The molecule has 0 bridgehead atoms. The fraction of sp³-hybridized carbons (Fsp3) is 0.261. The van der Waals surface area contributed by atoms with Gasteiger partial charge in [0.05, 0.1) is 13.5 Å². The van der Waals surface area contributed by atoms with Crippen molar-refractivity contribution in [3.63, 3.8) is 0 Å². The number of amides is 1. The van der Waals surface area contributed by atoms with Crippen LogP contribution < -0.4 is 15.6 Å². The second kappa shape index (κ2) is 10.8. The zero-order chi connectivity index (χ0) is 22.2. The van der Waals surface area contributed by atoms with Crippen LogP contribution in [0.4, 0.5) is 4.39 Å². The summed E-state index contributed by atoms with van der Waals surface area (Å²) in [5, 5.41) is 3.31. The van der Waals surface area contributed by atoms with E-state index in [0.29, 0.717) is 35.1 Å². The maximum absolute atomic E-state index is 13.0. The number of hydrogen-bond acceptors (Lipinski definition) is 5. The molecule has 6 nitrogen and oxygen atoms in total. The maximum atomic E-state index is 13.0. The minimum atomic E-state index is -0.320. The number of nitrogens with zero attached hydrogens (tertiary/aromatic N) is 1. The first-order valence-electron chi connectivity index (χ1n) is 9.81. The predicted octanol–water partition coefficient (Wildman–Crippen LogP) is 3.42. The molecule has 0 saturated carbocycles. The first-order valence-corrected chi connectivity index (χ1v) is 10.8. The molecule has 2 aromatic carbocycles. The molecule has 31 heavy (non-hydrogen) atoms. The summed E-state index contributed by atoms with van der Waals surface area (Å²) in [5.74, 6) is 0.820. The van der Waals surface area contributed by atoms with Crippen LogP contribution in [0.2, 0.25) is 0 Å². The number of nitrogens with one attached hydrogen (secondary N) is 2. The molecule has 1 amide bonds. The SMILES string of the molecule is COc1ccc(CCNC(=O)Cc2c(C)nc(SCc3ccc(F)cc3)[nH]c2=O)cc1. The number of rotatable bonds is 9. The van der Waals surface area contributed by atoms with Crippen molar-refractivity contribution in [2.45, 2.75) is 30.7 Å². The number of thioether (sulfide) groups is 1. The van der Waals surface area contributed by atoms with Crippen molar-refractivity contribution in [3.05, 3.63) is 87.1 Å². The Morgan fingerprint density at radius 1 is 1.13 bits per heavy atom. The fourth-order valence-electron chi connectivity index (χ4n) is 2.96. The van der Waals surface area contributed by atoms with Crippen molar-refractivity contribution in [1.82, 2.24) is 15.3 Å². The predicted molar refractivity (Wildman–Crippen MR) is 119 cm³/mol. The van der Waals surface area contributed by atoms with Crippen LogP contribution in [0.1, 0.15) is 22.4 Å². The van der Waals surface area contributed by atoms with Crippen molar-refractivity contribution < 1.29 is 13.9 Å². The zero-order valence-corrected chi connectivity index (χ0v) is 18.2. The number of aryl methyl sites for hydroxylation is 1. The van der Waals surface area contributed by atoms with Crippen LogP contribution in [0.3, 0.4) is 0 Å². The number of ether oxygens (including phenoxy) is 1. The Morgan fingerprint density at radius 2 is 1.81 bits per heavy atom. The number of carbonyl (C=O) groups excluding carboxylic acids is 1. The number of hydrogen-bond donors (Lipinski definition) is 2. The van der Waals surface area contributed by atoms with E-state index in [-0.39, 0.29) is 23.7 Å². The average Bonchev–Trinajstić information content (AvgIpc) is 2.76. The van der Waals surface area contributed by atoms with Crippen LogP contribution in [-0.4, -0.2) is 29.5 Å². The minimum Gasteiger partial charge on any atom is -0.497 e. The smallest absolute Gasteiger partial charge is 0.255 e. The molecule has 0 fully saturated rings. The summed E-state index contributed by atoms with van der Waals surface area (Å²) in [6.07, 6.45) is 0.655. The number of H-pyrrole nitrogens is 1. The van der Waals surface area contributed by atoms with Crippen molar-refractivity contribution in [2.75, 3.05) is 13.7 Å². The summed E-state index contributed by atoms with van der Waals surface area (Å²) in [7, 11) is 1.62. The van der Waals surface area contributed by atoms with Crippen molar-refractivity contribution in [2.24, 2.45) is 0 Å². The van der Waals surface area contributed by atoms with E-state index < -0.39 is 0 Å². The molecular weight excluding hydrogens is 417 g/mol. The second-order valence-electron chi connectivity index (χ2n) is 6.97. The monoisotopic (exact) mass is 441 g/mol. The topological polar surface area (TPSA) is 84.1 Å². The second-order valence-corrected chi connectivity index (χ2v) is 7.94. The molecule has 0 radical (unpaired) electrons. The largest absolute Gasteiger partial charge is 0.497 e. The van der Waals surface area contributed by atoms with Gasteiger partial charge in [0.2, 0.25) is 5.91 Å². The van der Waals surface area contributed by atoms with E-state index in [1.165, 1.54) is 23.9 Å². The molecule has 2 N–H and O–H groups in total. The van der Waals surface area contributed by atoms with E-state index in [9.17, 15) is 14.0 Å². The molecule has 162 valence electrons. The lowest BCUT2D eigenvalue weighted by Gasteiger charge is -2.09. The summed E-state index contributed by atoms with van der Waals surface area (Å²) in [5.41, 5.74) is 2.56. The van der Waals surface area contributed by atoms with Crippen molar-refractivity contribution >= 4 is 17.7 Å². The molecule has 0 aliphatic rings. The highest BCUT2D eigenvalue weighted by atomic mass is 32.2. The minimum absolute atomic E-state index is 0.0281. The van der Waals surface area contributed by atoms with Gasteiger partial charge in [-0.2, -0.15) is 0 Å². The summed E-state index contributed by atoms with van der Waals surface area (Å²) >= 11 is 1.35. The number of methoxy groups -OCH3 is 1. The Morgan fingerprint density at radius 3 is 2.45 bits per heavy atom. The van der Waals surface area contributed by atoms with E-state index in [0.717, 1.165) is 16.9 Å². The van der Waals surface area contributed by atoms with Gasteiger partial charge in [0.1, 0.15) is 11.6 Å². The molecule has 0 spiro atoms. The number of aromatic amines is 1. The molecule has 1 heterocycles. The van der Waals surface area contributed by atoms with Crippen molar-refractivity contribution in [1.29, 1.82) is 0 Å². The third kappa shape index (κ3) is 6.68. The van der Waals surface area contributed by atoms with E-state index >= 15 is 0 Å². The van der Waals surface area contributed by atoms with Gasteiger partial charge in [-0.15, -0.1) is 0 Å². The van der Waals surface area contributed by atoms with E-state index in [4.69, 9.17) is 4.74 Å². The highest BCUT2D eigenvalue weighted by Gasteiger charge is 2.13. The van der Waals surface area contributed by atoms with Crippen LogP contribution in [0, 0.1) is 12.7 Å². The number of aromatic nitrogens is 2. The lowest BCUT2D eigenvalue weighted by molar-refractivity contribution is -0.120. The van der Waals surface area contributed by atoms with Gasteiger partial charge in [-0.25, -0.2) is 9.37 Å². The third-order valence-corrected chi connectivity index (χ3v) is 5.67. The summed E-state index contributed by atoms with van der Waals surface area (Å²) in [4.78, 5) is 31.9. The summed E-state index contributed by atoms with van der Waals surface area (Å²) in [6, 6.07) is 13.8. The van der Waals surface area contributed by atoms with Crippen LogP contribution in [-0.2, 0) is 23.4 Å². The molecule has 0 aliphatic carbocycles. The van der Waals surface area contributed by atoms with Gasteiger partial charge >= 0.3 is 0 Å². The maximum Gasteiger partial charge on any atom is 0.255 e. The first kappa shape index (κ1) is 22.6. The zero-order valence-electron chi connectivity index (χ0n) is 17.4. The van der Waals surface area contributed by atoms with Gasteiger partial charge in [0.25, 0.3) is 5.56 Å². The Labute approximate surface area is 184 Å². The number of benzene rings is 2. The van der Waals surface area contributed by atoms with Gasteiger partial charge in [-0.05, 0) is 48.7 Å². The van der Waals surface area contributed by atoms with E-state index in [1.54, 1.807) is 26.2 Å². The standard InChI is InChI=1S/C23H24FN3O3S/c1-15-20(13-21(28)25-12-11-16-5-9-19(30-2)10-6-16)22(29)27-23(26-15)31-14-17-3-7-18(24)8-4-17/h3-10H,11-14H2,1-2H3,(H,25,28)(H,26,27,29). The van der Waals surface area contributed by atoms with Crippen LogP contribution in [0.15, 0.2) is 58.5 Å². The summed E-state index contributed by atoms with van der Waals surface area (Å²) < 4.78 is 18.1. The van der Waals surface area contributed by atoms with Crippen LogP contribution in [0.25, 0.3) is 0 Å². The lowest BCUT2D eigenvalue weighted by atomic mass is 10.1. The fourth-order valence-corrected chi connectivity index (χ4v) is 3.82. The molecule has 1 aromatic heterocycles. The Bertz CT molecular complexity index is 1080. The molecule has 0 aliphatic heterocycles. The van der Waals surface area contributed by atoms with Gasteiger partial charge in [0.15, 0.2) is 5.16 Å². The molecule has 3 rings (SSSR count). The lowest BCUT2D eigenvalue weighted by Crippen LogP contribution is -2.30. The quantitative estimate of drug-likeness (QED) is 0.393. The van der Waals surface area contributed by atoms with E-state index in [2.05, 4.69) is 15.3 Å².